The van der Waals surface area contributed by atoms with Gasteiger partial charge >= 0.3 is 0 Å². The van der Waals surface area contributed by atoms with Crippen molar-refractivity contribution in [3.63, 3.8) is 0 Å². The summed E-state index contributed by atoms with van der Waals surface area (Å²) < 4.78 is 0. The second kappa shape index (κ2) is 6.48. The Hall–Kier alpha value is -2.62. The van der Waals surface area contributed by atoms with Gasteiger partial charge in [-0.15, -0.1) is 0 Å². The third-order valence-corrected chi connectivity index (χ3v) is 4.68. The smallest absolute Gasteiger partial charge is 0.255 e. The molecular weight excluding hydrogens is 300 g/mol. The maximum absolute atomic E-state index is 12.7. The predicted octanol–water partition coefficient (Wildman–Crippen LogP) is 3.54. The van der Waals surface area contributed by atoms with E-state index in [9.17, 15) is 9.59 Å². The van der Waals surface area contributed by atoms with Crippen LogP contribution >= 0.6 is 0 Å². The molecule has 0 spiro atoms. The number of carbonyl (C=O) groups excluding carboxylic acids is 2. The van der Waals surface area contributed by atoms with Crippen molar-refractivity contribution < 1.29 is 9.59 Å². The molecule has 0 aliphatic carbocycles. The standard InChI is InChI=1S/C20H22N2O2/c1-4-15-10-7-8-13(2)18(15)21-19(23)14(3)22-12-16-9-5-6-11-17(16)20(22)24/h5-11,14H,4,12H2,1-3H3,(H,21,23). The summed E-state index contributed by atoms with van der Waals surface area (Å²) in [6.07, 6.45) is 0.847. The lowest BCUT2D eigenvalue weighted by molar-refractivity contribution is -0.120. The van der Waals surface area contributed by atoms with Gasteiger partial charge in [-0.1, -0.05) is 43.3 Å². The fraction of sp³-hybridized carbons (Fsp3) is 0.300. The highest BCUT2D eigenvalue weighted by molar-refractivity contribution is 6.03. The maximum atomic E-state index is 12.7. The molecule has 2 aromatic rings. The molecule has 1 unspecified atom stereocenters. The topological polar surface area (TPSA) is 49.4 Å². The van der Waals surface area contributed by atoms with Crippen molar-refractivity contribution in [3.05, 3.63) is 64.7 Å². The Morgan fingerprint density at radius 2 is 1.96 bits per heavy atom. The molecular formula is C20H22N2O2. The number of hydrogen-bond donors (Lipinski definition) is 1. The van der Waals surface area contributed by atoms with Gasteiger partial charge in [0, 0.05) is 17.8 Å². The summed E-state index contributed by atoms with van der Waals surface area (Å²) in [6.45, 7) is 6.31. The first-order chi connectivity index (χ1) is 11.5. The quantitative estimate of drug-likeness (QED) is 0.936. The Bertz CT molecular complexity index is 798. The lowest BCUT2D eigenvalue weighted by Gasteiger charge is -2.24. The van der Waals surface area contributed by atoms with Gasteiger partial charge in [-0.2, -0.15) is 0 Å². The highest BCUT2D eigenvalue weighted by Gasteiger charge is 2.33. The zero-order chi connectivity index (χ0) is 17.3. The number of nitrogens with one attached hydrogen (secondary N) is 1. The normalized spacial score (nSPS) is 14.5. The van der Waals surface area contributed by atoms with Gasteiger partial charge in [0.2, 0.25) is 5.91 Å². The van der Waals surface area contributed by atoms with Crippen LogP contribution in [0.25, 0.3) is 0 Å². The van der Waals surface area contributed by atoms with Crippen molar-refractivity contribution in [2.75, 3.05) is 5.32 Å². The zero-order valence-electron chi connectivity index (χ0n) is 14.3. The molecule has 0 radical (unpaired) electrons. The average Bonchev–Trinajstić information content (AvgIpc) is 2.93. The van der Waals surface area contributed by atoms with Crippen LogP contribution in [0, 0.1) is 6.92 Å². The number of rotatable bonds is 4. The maximum Gasteiger partial charge on any atom is 0.255 e. The SMILES string of the molecule is CCc1cccc(C)c1NC(=O)C(C)N1Cc2ccccc2C1=O. The molecule has 24 heavy (non-hydrogen) atoms. The summed E-state index contributed by atoms with van der Waals surface area (Å²) in [5, 5.41) is 3.02. The number of benzene rings is 2. The molecule has 1 aliphatic rings. The minimum Gasteiger partial charge on any atom is -0.324 e. The van der Waals surface area contributed by atoms with Gasteiger partial charge in [-0.05, 0) is 43.0 Å². The van der Waals surface area contributed by atoms with Crippen molar-refractivity contribution in [2.24, 2.45) is 0 Å². The molecule has 0 bridgehead atoms. The van der Waals surface area contributed by atoms with E-state index in [0.29, 0.717) is 12.1 Å². The number of anilines is 1. The Kier molecular flexibility index (Phi) is 4.38. The van der Waals surface area contributed by atoms with Crippen molar-refractivity contribution in [1.29, 1.82) is 0 Å². The minimum atomic E-state index is -0.519. The summed E-state index contributed by atoms with van der Waals surface area (Å²) in [6, 6.07) is 13.0. The van der Waals surface area contributed by atoms with Crippen molar-refractivity contribution in [1.82, 2.24) is 4.90 Å². The summed E-state index contributed by atoms with van der Waals surface area (Å²) in [4.78, 5) is 26.9. The van der Waals surface area contributed by atoms with Crippen molar-refractivity contribution >= 4 is 17.5 Å². The number of fused-ring (bicyclic) bond motifs is 1. The van der Waals surface area contributed by atoms with E-state index in [4.69, 9.17) is 0 Å². The monoisotopic (exact) mass is 322 g/mol. The molecule has 1 aliphatic heterocycles. The molecule has 0 fully saturated rings. The average molecular weight is 322 g/mol. The van der Waals surface area contributed by atoms with Crippen LogP contribution in [-0.2, 0) is 17.8 Å². The van der Waals surface area contributed by atoms with Gasteiger partial charge in [0.05, 0.1) is 0 Å². The zero-order valence-corrected chi connectivity index (χ0v) is 14.3. The van der Waals surface area contributed by atoms with Crippen LogP contribution in [0.1, 0.15) is 40.9 Å². The van der Waals surface area contributed by atoms with E-state index >= 15 is 0 Å². The molecule has 1 atom stereocenters. The summed E-state index contributed by atoms with van der Waals surface area (Å²) in [5.74, 6) is -0.228. The molecule has 124 valence electrons. The van der Waals surface area contributed by atoms with Crippen LogP contribution in [0.4, 0.5) is 5.69 Å². The van der Waals surface area contributed by atoms with E-state index in [-0.39, 0.29) is 11.8 Å². The largest absolute Gasteiger partial charge is 0.324 e. The van der Waals surface area contributed by atoms with Gasteiger partial charge in [0.15, 0.2) is 0 Å². The number of hydrogen-bond acceptors (Lipinski definition) is 2. The van der Waals surface area contributed by atoms with Crippen LogP contribution in [0.5, 0.6) is 0 Å². The third-order valence-electron chi connectivity index (χ3n) is 4.68. The number of para-hydroxylation sites is 1. The Morgan fingerprint density at radius 1 is 1.21 bits per heavy atom. The lowest BCUT2D eigenvalue weighted by atomic mass is 10.1. The molecule has 0 saturated heterocycles. The van der Waals surface area contributed by atoms with E-state index in [1.165, 1.54) is 0 Å². The Labute approximate surface area is 142 Å². The van der Waals surface area contributed by atoms with Gasteiger partial charge in [0.1, 0.15) is 6.04 Å². The molecule has 1 N–H and O–H groups in total. The van der Waals surface area contributed by atoms with E-state index in [1.54, 1.807) is 11.8 Å². The molecule has 1 heterocycles. The summed E-state index contributed by atoms with van der Waals surface area (Å²) in [7, 11) is 0. The summed E-state index contributed by atoms with van der Waals surface area (Å²) in [5.41, 5.74) is 4.67. The second-order valence-electron chi connectivity index (χ2n) is 6.22. The van der Waals surface area contributed by atoms with Gasteiger partial charge < -0.3 is 10.2 Å². The highest BCUT2D eigenvalue weighted by atomic mass is 16.2. The van der Waals surface area contributed by atoms with Crippen molar-refractivity contribution in [2.45, 2.75) is 39.8 Å². The van der Waals surface area contributed by atoms with Gasteiger partial charge in [-0.3, -0.25) is 9.59 Å². The molecule has 3 rings (SSSR count). The predicted molar refractivity (Wildman–Crippen MR) is 95.0 cm³/mol. The first-order valence-corrected chi connectivity index (χ1v) is 8.31. The van der Waals surface area contributed by atoms with Crippen LogP contribution in [0.3, 0.4) is 0 Å². The number of amides is 2. The highest BCUT2D eigenvalue weighted by Crippen LogP contribution is 2.26. The summed E-state index contributed by atoms with van der Waals surface area (Å²) >= 11 is 0. The Morgan fingerprint density at radius 3 is 2.67 bits per heavy atom. The first-order valence-electron chi connectivity index (χ1n) is 8.31. The van der Waals surface area contributed by atoms with E-state index in [0.717, 1.165) is 28.8 Å². The fourth-order valence-corrected chi connectivity index (χ4v) is 3.16. The van der Waals surface area contributed by atoms with Crippen LogP contribution in [0.2, 0.25) is 0 Å². The van der Waals surface area contributed by atoms with Crippen LogP contribution in [0.15, 0.2) is 42.5 Å². The second-order valence-corrected chi connectivity index (χ2v) is 6.22. The number of nitrogens with zero attached hydrogens (tertiary/aromatic N) is 1. The fourth-order valence-electron chi connectivity index (χ4n) is 3.16. The molecule has 0 aromatic heterocycles. The molecule has 2 aromatic carbocycles. The molecule has 0 saturated carbocycles. The lowest BCUT2D eigenvalue weighted by Crippen LogP contribution is -2.42. The number of carbonyl (C=O) groups is 2. The van der Waals surface area contributed by atoms with E-state index < -0.39 is 6.04 Å². The first kappa shape index (κ1) is 16.2. The third kappa shape index (κ3) is 2.80. The molecule has 2 amide bonds. The number of aryl methyl sites for hydroxylation is 2. The van der Waals surface area contributed by atoms with Gasteiger partial charge in [0.25, 0.3) is 5.91 Å². The van der Waals surface area contributed by atoms with E-state index in [1.807, 2.05) is 49.4 Å². The van der Waals surface area contributed by atoms with E-state index in [2.05, 4.69) is 12.2 Å². The van der Waals surface area contributed by atoms with Crippen LogP contribution < -0.4 is 5.32 Å². The molecule has 4 heteroatoms. The minimum absolute atomic E-state index is 0.0752. The Balaban J connectivity index is 1.79. The van der Waals surface area contributed by atoms with Crippen LogP contribution in [-0.4, -0.2) is 22.8 Å². The van der Waals surface area contributed by atoms with Gasteiger partial charge in [-0.25, -0.2) is 0 Å². The van der Waals surface area contributed by atoms with Crippen molar-refractivity contribution in [3.8, 4) is 0 Å². The molecule has 4 nitrogen and oxygen atoms in total.